The lowest BCUT2D eigenvalue weighted by Gasteiger charge is -2.33. The molecular weight excluding hydrogens is 348 g/mol. The van der Waals surface area contributed by atoms with Gasteiger partial charge in [0.05, 0.1) is 35.1 Å². The zero-order chi connectivity index (χ0) is 19.7. The number of carbonyl (C=O) groups excluding carboxylic acids is 1. The van der Waals surface area contributed by atoms with Gasteiger partial charge in [0, 0.05) is 41.3 Å². The van der Waals surface area contributed by atoms with Gasteiger partial charge in [0.1, 0.15) is 0 Å². The number of hydrogen-bond donors (Lipinski definition) is 2. The number of ether oxygens (including phenoxy) is 1. The maximum Gasteiger partial charge on any atom is 0.328 e. The van der Waals surface area contributed by atoms with Crippen molar-refractivity contribution < 1.29 is 9.53 Å². The van der Waals surface area contributed by atoms with Gasteiger partial charge in [0.15, 0.2) is 0 Å². The number of carbonyl (C=O) groups is 1. The number of hydrogen-bond acceptors (Lipinski definition) is 5. The Labute approximate surface area is 158 Å². The molecule has 27 heavy (non-hydrogen) atoms. The van der Waals surface area contributed by atoms with Crippen LogP contribution < -0.4 is 21.6 Å². The highest BCUT2D eigenvalue weighted by molar-refractivity contribution is 5.97. The summed E-state index contributed by atoms with van der Waals surface area (Å²) in [6, 6.07) is 3.59. The third-order valence-corrected chi connectivity index (χ3v) is 5.03. The van der Waals surface area contributed by atoms with Crippen molar-refractivity contribution in [3.8, 4) is 0 Å². The fraction of sp³-hybridized carbons (Fsp3) is 0.556. The molecule has 1 aromatic carbocycles. The molecule has 9 nitrogen and oxygen atoms in total. The molecule has 3 N–H and O–H groups in total. The molecule has 0 spiro atoms. The smallest absolute Gasteiger partial charge is 0.328 e. The molecule has 0 radical (unpaired) electrons. The first-order valence-electron chi connectivity index (χ1n) is 9.08. The van der Waals surface area contributed by atoms with Crippen molar-refractivity contribution >= 4 is 28.4 Å². The van der Waals surface area contributed by atoms with E-state index in [4.69, 9.17) is 10.5 Å². The van der Waals surface area contributed by atoms with Crippen LogP contribution in [0.3, 0.4) is 0 Å². The highest BCUT2D eigenvalue weighted by Crippen LogP contribution is 2.30. The first-order chi connectivity index (χ1) is 12.8. The summed E-state index contributed by atoms with van der Waals surface area (Å²) in [6.07, 6.45) is 0.699. The number of benzene rings is 1. The fourth-order valence-electron chi connectivity index (χ4n) is 3.46. The third kappa shape index (κ3) is 3.65. The monoisotopic (exact) mass is 376 g/mol. The zero-order valence-corrected chi connectivity index (χ0v) is 16.4. The van der Waals surface area contributed by atoms with Crippen LogP contribution in [0.2, 0.25) is 0 Å². The summed E-state index contributed by atoms with van der Waals surface area (Å²) in [5.41, 5.74) is 8.60. The molecule has 3 rings (SSSR count). The Morgan fingerprint density at radius 2 is 1.96 bits per heavy atom. The number of nitrogens with zero attached hydrogens (tertiary/aromatic N) is 4. The number of rotatable bonds is 4. The minimum Gasteiger partial charge on any atom is -0.376 e. The Balaban J connectivity index is 1.91. The van der Waals surface area contributed by atoms with E-state index < -0.39 is 0 Å². The van der Waals surface area contributed by atoms with Crippen LogP contribution in [0.4, 0.5) is 16.2 Å². The van der Waals surface area contributed by atoms with E-state index in [1.165, 1.54) is 0 Å². The Morgan fingerprint density at radius 3 is 2.59 bits per heavy atom. The minimum atomic E-state index is -0.177. The molecule has 0 saturated carbocycles. The molecule has 2 aromatic rings. The Bertz CT molecular complexity index is 899. The lowest BCUT2D eigenvalue weighted by Crippen LogP contribution is -2.47. The van der Waals surface area contributed by atoms with Crippen molar-refractivity contribution in [2.75, 3.05) is 50.6 Å². The second kappa shape index (κ2) is 7.61. The van der Waals surface area contributed by atoms with Crippen LogP contribution in [-0.4, -0.2) is 66.5 Å². The molecule has 1 aliphatic rings. The van der Waals surface area contributed by atoms with Crippen LogP contribution in [0.1, 0.15) is 6.42 Å². The van der Waals surface area contributed by atoms with E-state index in [1.54, 1.807) is 28.1 Å². The van der Waals surface area contributed by atoms with Crippen LogP contribution in [0.25, 0.3) is 11.0 Å². The molecule has 2 amide bonds. The van der Waals surface area contributed by atoms with Gasteiger partial charge in [-0.15, -0.1) is 0 Å². The predicted octanol–water partition coefficient (Wildman–Crippen LogP) is 0.525. The van der Waals surface area contributed by atoms with Crippen molar-refractivity contribution in [1.82, 2.24) is 14.0 Å². The molecule has 0 unspecified atom stereocenters. The second-order valence-electron chi connectivity index (χ2n) is 7.10. The van der Waals surface area contributed by atoms with Gasteiger partial charge in [-0.1, -0.05) is 0 Å². The largest absolute Gasteiger partial charge is 0.376 e. The molecule has 148 valence electrons. The van der Waals surface area contributed by atoms with E-state index >= 15 is 0 Å². The van der Waals surface area contributed by atoms with Crippen molar-refractivity contribution in [1.29, 1.82) is 0 Å². The summed E-state index contributed by atoms with van der Waals surface area (Å²) >= 11 is 0. The molecule has 1 aromatic heterocycles. The molecule has 0 bridgehead atoms. The second-order valence-corrected chi connectivity index (χ2v) is 7.10. The molecule has 1 aliphatic heterocycles. The fourth-order valence-corrected chi connectivity index (χ4v) is 3.46. The molecular formula is C18H28N6O3. The van der Waals surface area contributed by atoms with E-state index in [9.17, 15) is 9.59 Å². The zero-order valence-electron chi connectivity index (χ0n) is 16.4. The molecule has 0 aliphatic carbocycles. The molecule has 9 heteroatoms. The number of fused-ring (bicyclic) bond motifs is 1. The highest BCUT2D eigenvalue weighted by atomic mass is 16.5. The average molecular weight is 376 g/mol. The summed E-state index contributed by atoms with van der Waals surface area (Å²) < 4.78 is 8.83. The van der Waals surface area contributed by atoms with Gasteiger partial charge < -0.3 is 25.6 Å². The van der Waals surface area contributed by atoms with Crippen LogP contribution >= 0.6 is 0 Å². The number of nitrogens with one attached hydrogen (secondary N) is 1. The van der Waals surface area contributed by atoms with E-state index in [2.05, 4.69) is 5.32 Å². The van der Waals surface area contributed by atoms with E-state index in [1.807, 2.05) is 31.1 Å². The SMILES string of the molecule is CN(C)c1cc2c(cc1NC(=O)N1CCO[C@H](CCN)C1)n(C)c(=O)n2C. The summed E-state index contributed by atoms with van der Waals surface area (Å²) in [5, 5.41) is 3.01. The number of nitrogens with two attached hydrogens (primary N) is 1. The summed E-state index contributed by atoms with van der Waals surface area (Å²) in [5.74, 6) is 0. The molecule has 1 saturated heterocycles. The van der Waals surface area contributed by atoms with Crippen LogP contribution in [0, 0.1) is 0 Å². The topological polar surface area (TPSA) is 97.8 Å². The maximum absolute atomic E-state index is 12.8. The molecule has 1 atom stereocenters. The van der Waals surface area contributed by atoms with Gasteiger partial charge in [0.25, 0.3) is 0 Å². The minimum absolute atomic E-state index is 0.0276. The summed E-state index contributed by atoms with van der Waals surface area (Å²) in [4.78, 5) is 28.7. The molecule has 2 heterocycles. The van der Waals surface area contributed by atoms with Crippen molar-refractivity contribution in [2.24, 2.45) is 19.8 Å². The predicted molar refractivity (Wildman–Crippen MR) is 106 cm³/mol. The summed E-state index contributed by atoms with van der Waals surface area (Å²) in [7, 11) is 7.28. The number of aromatic nitrogens is 2. The quantitative estimate of drug-likeness (QED) is 0.811. The number of imidazole rings is 1. The number of urea groups is 1. The van der Waals surface area contributed by atoms with E-state index in [0.29, 0.717) is 31.9 Å². The first kappa shape index (κ1) is 19.2. The van der Waals surface area contributed by atoms with Crippen LogP contribution in [0.15, 0.2) is 16.9 Å². The number of aryl methyl sites for hydroxylation is 2. The van der Waals surface area contributed by atoms with E-state index in [0.717, 1.165) is 23.1 Å². The first-order valence-corrected chi connectivity index (χ1v) is 9.08. The Morgan fingerprint density at radius 1 is 1.30 bits per heavy atom. The van der Waals surface area contributed by atoms with Crippen molar-refractivity contribution in [3.63, 3.8) is 0 Å². The van der Waals surface area contributed by atoms with E-state index in [-0.39, 0.29) is 17.8 Å². The number of anilines is 2. The lowest BCUT2D eigenvalue weighted by molar-refractivity contribution is -0.0146. The van der Waals surface area contributed by atoms with Gasteiger partial charge >= 0.3 is 11.7 Å². The van der Waals surface area contributed by atoms with Crippen LogP contribution in [0.5, 0.6) is 0 Å². The van der Waals surface area contributed by atoms with Crippen LogP contribution in [-0.2, 0) is 18.8 Å². The standard InChI is InChI=1S/C18H28N6O3/c1-21(2)14-10-16-15(22(3)18(26)23(16)4)9-13(14)20-17(25)24-7-8-27-12(11-24)5-6-19/h9-10,12H,5-8,11,19H2,1-4H3,(H,20,25)/t12-/m1/s1. The lowest BCUT2D eigenvalue weighted by atomic mass is 10.2. The van der Waals surface area contributed by atoms with Crippen molar-refractivity contribution in [2.45, 2.75) is 12.5 Å². The molecule has 1 fully saturated rings. The number of amides is 2. The normalized spacial score (nSPS) is 17.4. The maximum atomic E-state index is 12.8. The van der Waals surface area contributed by atoms with Gasteiger partial charge in [-0.3, -0.25) is 9.13 Å². The summed E-state index contributed by atoms with van der Waals surface area (Å²) in [6.45, 7) is 2.09. The van der Waals surface area contributed by atoms with Gasteiger partial charge in [-0.05, 0) is 25.1 Å². The number of morpholine rings is 1. The van der Waals surface area contributed by atoms with Gasteiger partial charge in [0.2, 0.25) is 0 Å². The Hall–Kier alpha value is -2.52. The average Bonchev–Trinajstić information content (AvgIpc) is 2.85. The van der Waals surface area contributed by atoms with Crippen molar-refractivity contribution in [3.05, 3.63) is 22.6 Å². The highest BCUT2D eigenvalue weighted by Gasteiger charge is 2.25. The van der Waals surface area contributed by atoms with Gasteiger partial charge in [-0.2, -0.15) is 0 Å². The van der Waals surface area contributed by atoms with Gasteiger partial charge in [-0.25, -0.2) is 9.59 Å². The Kier molecular flexibility index (Phi) is 5.43. The third-order valence-electron chi connectivity index (χ3n) is 5.03.